The first-order chi connectivity index (χ1) is 13.2. The normalized spacial score (nSPS) is 11.1. The van der Waals surface area contributed by atoms with Crippen LogP contribution in [0.1, 0.15) is 31.0 Å². The second kappa shape index (κ2) is 8.29. The van der Waals surface area contributed by atoms with E-state index in [-0.39, 0.29) is 12.3 Å². The van der Waals surface area contributed by atoms with E-state index < -0.39 is 0 Å². The molecule has 27 heavy (non-hydrogen) atoms. The summed E-state index contributed by atoms with van der Waals surface area (Å²) < 4.78 is 1.12. The van der Waals surface area contributed by atoms with E-state index in [4.69, 9.17) is 0 Å². The summed E-state index contributed by atoms with van der Waals surface area (Å²) in [7, 11) is 0. The van der Waals surface area contributed by atoms with Crippen LogP contribution in [0.5, 0.6) is 0 Å². The molecular formula is C20H19N3OS3. The van der Waals surface area contributed by atoms with E-state index in [0.717, 1.165) is 32.9 Å². The number of hydrogen-bond acceptors (Lipinski definition) is 6. The van der Waals surface area contributed by atoms with Crippen molar-refractivity contribution in [3.8, 4) is 10.6 Å². The number of thiazole rings is 2. The number of anilines is 1. The highest BCUT2D eigenvalue weighted by molar-refractivity contribution is 7.22. The van der Waals surface area contributed by atoms with E-state index in [9.17, 15) is 4.79 Å². The van der Waals surface area contributed by atoms with E-state index >= 15 is 0 Å². The molecule has 3 aromatic heterocycles. The zero-order chi connectivity index (χ0) is 18.6. The highest BCUT2D eigenvalue weighted by Gasteiger charge is 2.12. The van der Waals surface area contributed by atoms with Crippen molar-refractivity contribution in [2.45, 2.75) is 32.6 Å². The molecule has 7 heteroatoms. The van der Waals surface area contributed by atoms with Crippen LogP contribution in [0.2, 0.25) is 0 Å². The minimum Gasteiger partial charge on any atom is -0.302 e. The summed E-state index contributed by atoms with van der Waals surface area (Å²) in [6, 6.07) is 8.40. The van der Waals surface area contributed by atoms with Crippen LogP contribution in [0.15, 0.2) is 40.4 Å². The Labute approximate surface area is 169 Å². The third-order valence-electron chi connectivity index (χ3n) is 4.18. The van der Waals surface area contributed by atoms with Crippen LogP contribution in [0, 0.1) is 0 Å². The Bertz CT molecular complexity index is 1050. The number of aryl methyl sites for hydroxylation is 1. The number of aromatic nitrogens is 2. The monoisotopic (exact) mass is 413 g/mol. The van der Waals surface area contributed by atoms with Crippen molar-refractivity contribution in [1.29, 1.82) is 0 Å². The quantitative estimate of drug-likeness (QED) is 0.404. The van der Waals surface area contributed by atoms with Crippen LogP contribution in [0.3, 0.4) is 0 Å². The predicted molar refractivity (Wildman–Crippen MR) is 116 cm³/mol. The molecular weight excluding hydrogens is 394 g/mol. The predicted octanol–water partition coefficient (Wildman–Crippen LogP) is 6.01. The van der Waals surface area contributed by atoms with Gasteiger partial charge in [-0.2, -0.15) is 11.3 Å². The fourth-order valence-corrected chi connectivity index (χ4v) is 5.27. The number of fused-ring (bicyclic) bond motifs is 1. The number of thiophene rings is 1. The number of unbranched alkanes of at least 4 members (excludes halogenated alkanes) is 1. The molecule has 1 N–H and O–H groups in total. The Kier molecular flexibility index (Phi) is 5.61. The molecule has 0 aliphatic carbocycles. The number of benzene rings is 1. The minimum absolute atomic E-state index is 0.0811. The van der Waals surface area contributed by atoms with Crippen molar-refractivity contribution in [3.63, 3.8) is 0 Å². The number of nitrogens with one attached hydrogen (secondary N) is 1. The molecule has 0 aliphatic rings. The lowest BCUT2D eigenvalue weighted by Gasteiger charge is -1.98. The van der Waals surface area contributed by atoms with E-state index in [2.05, 4.69) is 39.7 Å². The molecule has 4 nitrogen and oxygen atoms in total. The second-order valence-corrected chi connectivity index (χ2v) is 8.97. The van der Waals surface area contributed by atoms with Crippen molar-refractivity contribution in [2.24, 2.45) is 0 Å². The third kappa shape index (κ3) is 4.43. The lowest BCUT2D eigenvalue weighted by Crippen LogP contribution is -2.14. The Morgan fingerprint density at radius 3 is 2.93 bits per heavy atom. The van der Waals surface area contributed by atoms with Gasteiger partial charge in [-0.1, -0.05) is 30.7 Å². The lowest BCUT2D eigenvalue weighted by molar-refractivity contribution is -0.115. The molecule has 0 atom stereocenters. The Balaban J connectivity index is 1.42. The van der Waals surface area contributed by atoms with E-state index in [1.807, 2.05) is 22.9 Å². The van der Waals surface area contributed by atoms with Crippen LogP contribution in [0.4, 0.5) is 5.13 Å². The van der Waals surface area contributed by atoms with Crippen LogP contribution in [-0.2, 0) is 17.6 Å². The molecule has 4 rings (SSSR count). The summed E-state index contributed by atoms with van der Waals surface area (Å²) in [6.07, 6.45) is 3.72. The highest BCUT2D eigenvalue weighted by Crippen LogP contribution is 2.28. The standard InChI is InChI=1S/C20H19N3OS3/c1-2-3-4-13-5-6-16-17(9-13)27-20(22-16)23-18(24)10-15-12-26-19(21-15)14-7-8-25-11-14/h5-9,11-12H,2-4,10H2,1H3,(H,22,23,24). The summed E-state index contributed by atoms with van der Waals surface area (Å²) in [6.45, 7) is 2.20. The summed E-state index contributed by atoms with van der Waals surface area (Å²) in [5, 5.41) is 10.6. The Morgan fingerprint density at radius 1 is 1.19 bits per heavy atom. The summed E-state index contributed by atoms with van der Waals surface area (Å²) in [5.41, 5.74) is 4.17. The van der Waals surface area contributed by atoms with Gasteiger partial charge in [-0.05, 0) is 42.0 Å². The molecule has 1 aromatic carbocycles. The van der Waals surface area contributed by atoms with Gasteiger partial charge in [-0.25, -0.2) is 9.97 Å². The van der Waals surface area contributed by atoms with Crippen LogP contribution >= 0.6 is 34.0 Å². The van der Waals surface area contributed by atoms with Gasteiger partial charge >= 0.3 is 0 Å². The molecule has 0 spiro atoms. The molecule has 0 bridgehead atoms. The summed E-state index contributed by atoms with van der Waals surface area (Å²) in [4.78, 5) is 21.5. The van der Waals surface area contributed by atoms with Gasteiger partial charge in [-0.15, -0.1) is 11.3 Å². The van der Waals surface area contributed by atoms with E-state index in [1.54, 1.807) is 22.7 Å². The number of rotatable bonds is 7. The highest BCUT2D eigenvalue weighted by atomic mass is 32.1. The van der Waals surface area contributed by atoms with Crippen LogP contribution in [0.25, 0.3) is 20.8 Å². The van der Waals surface area contributed by atoms with Crippen molar-refractivity contribution in [3.05, 3.63) is 51.7 Å². The smallest absolute Gasteiger partial charge is 0.232 e. The fourth-order valence-electron chi connectivity index (χ4n) is 2.79. The Hall–Kier alpha value is -2.09. The maximum atomic E-state index is 12.4. The fraction of sp³-hybridized carbons (Fsp3) is 0.250. The maximum Gasteiger partial charge on any atom is 0.232 e. The van der Waals surface area contributed by atoms with Crippen LogP contribution < -0.4 is 5.32 Å². The number of carbonyl (C=O) groups is 1. The van der Waals surface area contributed by atoms with E-state index in [0.29, 0.717) is 5.13 Å². The maximum absolute atomic E-state index is 12.4. The van der Waals surface area contributed by atoms with Gasteiger partial charge in [0.05, 0.1) is 22.3 Å². The van der Waals surface area contributed by atoms with Gasteiger partial charge < -0.3 is 5.32 Å². The molecule has 0 fully saturated rings. The first kappa shape index (κ1) is 18.3. The zero-order valence-electron chi connectivity index (χ0n) is 14.9. The Morgan fingerprint density at radius 2 is 2.11 bits per heavy atom. The molecule has 1 amide bonds. The molecule has 0 radical (unpaired) electrons. The second-order valence-electron chi connectivity index (χ2n) is 6.31. The van der Waals surface area contributed by atoms with E-state index in [1.165, 1.54) is 29.7 Å². The summed E-state index contributed by atoms with van der Waals surface area (Å²) >= 11 is 4.74. The van der Waals surface area contributed by atoms with Gasteiger partial charge in [0, 0.05) is 16.3 Å². The van der Waals surface area contributed by atoms with Gasteiger partial charge in [-0.3, -0.25) is 4.79 Å². The average Bonchev–Trinajstić information content (AvgIpc) is 3.39. The minimum atomic E-state index is -0.0811. The number of carbonyl (C=O) groups excluding carboxylic acids is 1. The molecule has 138 valence electrons. The third-order valence-corrected chi connectivity index (χ3v) is 6.74. The molecule has 3 heterocycles. The molecule has 4 aromatic rings. The van der Waals surface area contributed by atoms with Crippen molar-refractivity contribution >= 4 is 55.3 Å². The van der Waals surface area contributed by atoms with Gasteiger partial charge in [0.2, 0.25) is 5.91 Å². The summed E-state index contributed by atoms with van der Waals surface area (Å²) in [5.74, 6) is -0.0811. The van der Waals surface area contributed by atoms with Gasteiger partial charge in [0.25, 0.3) is 0 Å². The number of amides is 1. The molecule has 0 saturated heterocycles. The van der Waals surface area contributed by atoms with Gasteiger partial charge in [0.1, 0.15) is 5.01 Å². The average molecular weight is 414 g/mol. The van der Waals surface area contributed by atoms with Crippen molar-refractivity contribution < 1.29 is 4.79 Å². The van der Waals surface area contributed by atoms with Crippen LogP contribution in [-0.4, -0.2) is 15.9 Å². The SMILES string of the molecule is CCCCc1ccc2nc(NC(=O)Cc3csc(-c4ccsc4)n3)sc2c1. The largest absolute Gasteiger partial charge is 0.302 e. The van der Waals surface area contributed by atoms with Gasteiger partial charge in [0.15, 0.2) is 5.13 Å². The zero-order valence-corrected chi connectivity index (χ0v) is 17.3. The van der Waals surface area contributed by atoms with Crippen molar-refractivity contribution in [1.82, 2.24) is 9.97 Å². The first-order valence-electron chi connectivity index (χ1n) is 8.87. The molecule has 0 saturated carbocycles. The molecule has 0 aliphatic heterocycles. The topological polar surface area (TPSA) is 54.9 Å². The lowest BCUT2D eigenvalue weighted by atomic mass is 10.1. The number of hydrogen-bond donors (Lipinski definition) is 1. The molecule has 0 unspecified atom stereocenters. The first-order valence-corrected chi connectivity index (χ1v) is 11.5. The number of nitrogens with zero attached hydrogens (tertiary/aromatic N) is 2. The van der Waals surface area contributed by atoms with Crippen molar-refractivity contribution in [2.75, 3.05) is 5.32 Å².